The maximum Gasteiger partial charge on any atom is 0.353 e. The number of carbonyl (C=O) groups excluding carboxylic acids is 1. The molecule has 3 aliphatic rings. The van der Waals surface area contributed by atoms with E-state index >= 15 is 0 Å². The highest BCUT2D eigenvalue weighted by Gasteiger charge is 2.56. The fourth-order valence-corrected chi connectivity index (χ4v) is 5.08. The number of rotatable bonds is 4. The zero-order valence-corrected chi connectivity index (χ0v) is 12.2. The van der Waals surface area contributed by atoms with Gasteiger partial charge in [0.2, 0.25) is 5.91 Å². The monoisotopic (exact) mass is 297 g/mol. The molecule has 1 amide bonds. The van der Waals surface area contributed by atoms with Crippen molar-refractivity contribution >= 4 is 23.6 Å². The van der Waals surface area contributed by atoms with E-state index in [0.29, 0.717) is 11.7 Å². The second-order valence-electron chi connectivity index (χ2n) is 5.85. The smallest absolute Gasteiger partial charge is 0.353 e. The van der Waals surface area contributed by atoms with Gasteiger partial charge in [0.1, 0.15) is 5.70 Å². The number of hydrogen-bond acceptors (Lipinski definition) is 4. The number of β-lactam (4-membered cyclic amide) rings is 1. The Hall–Kier alpha value is -1.01. The molecule has 0 spiro atoms. The summed E-state index contributed by atoms with van der Waals surface area (Å²) in [5, 5.41) is 19.5. The van der Waals surface area contributed by atoms with Gasteiger partial charge in [0.15, 0.2) is 0 Å². The average molecular weight is 297 g/mol. The molecule has 0 aromatic carbocycles. The number of fused-ring (bicyclic) bond motifs is 1. The average Bonchev–Trinajstić information content (AvgIpc) is 2.95. The largest absolute Gasteiger partial charge is 0.477 e. The molecule has 0 aromatic rings. The van der Waals surface area contributed by atoms with Crippen LogP contribution in [0.1, 0.15) is 39.0 Å². The van der Waals surface area contributed by atoms with Crippen molar-refractivity contribution in [1.82, 2.24) is 4.90 Å². The van der Waals surface area contributed by atoms with Gasteiger partial charge in [-0.05, 0) is 19.8 Å². The van der Waals surface area contributed by atoms with E-state index in [9.17, 15) is 19.8 Å². The van der Waals surface area contributed by atoms with E-state index in [0.717, 1.165) is 17.7 Å². The van der Waals surface area contributed by atoms with Gasteiger partial charge in [0.05, 0.1) is 18.1 Å². The second-order valence-corrected chi connectivity index (χ2v) is 7.24. The third kappa shape index (κ3) is 2.05. The SMILES string of the molecule is CC(O)C1C(=O)N2C(C(=O)O)=C(SC3CCCC3)CC12. The van der Waals surface area contributed by atoms with Crippen molar-refractivity contribution in [2.24, 2.45) is 5.92 Å². The number of carboxylic acids is 1. The highest BCUT2D eigenvalue weighted by molar-refractivity contribution is 8.03. The first-order chi connectivity index (χ1) is 9.50. The molecular formula is C14H19NO4S. The summed E-state index contributed by atoms with van der Waals surface area (Å²) in [5.41, 5.74) is 0.161. The normalized spacial score (nSPS) is 31.5. The molecule has 2 aliphatic heterocycles. The van der Waals surface area contributed by atoms with Crippen molar-refractivity contribution in [3.05, 3.63) is 10.6 Å². The van der Waals surface area contributed by atoms with Gasteiger partial charge in [-0.15, -0.1) is 11.8 Å². The number of hydrogen-bond donors (Lipinski definition) is 2. The zero-order chi connectivity index (χ0) is 14.4. The van der Waals surface area contributed by atoms with Crippen LogP contribution in [0.5, 0.6) is 0 Å². The molecule has 2 heterocycles. The van der Waals surface area contributed by atoms with E-state index in [1.807, 2.05) is 0 Å². The molecule has 0 bridgehead atoms. The van der Waals surface area contributed by atoms with E-state index in [1.165, 1.54) is 17.7 Å². The molecule has 2 fully saturated rings. The lowest BCUT2D eigenvalue weighted by molar-refractivity contribution is -0.161. The van der Waals surface area contributed by atoms with Crippen molar-refractivity contribution in [3.8, 4) is 0 Å². The van der Waals surface area contributed by atoms with E-state index in [-0.39, 0.29) is 17.6 Å². The van der Waals surface area contributed by atoms with Crippen LogP contribution in [0.15, 0.2) is 10.6 Å². The van der Waals surface area contributed by atoms with Gasteiger partial charge in [0.25, 0.3) is 0 Å². The summed E-state index contributed by atoms with van der Waals surface area (Å²) in [5.74, 6) is -1.71. The van der Waals surface area contributed by atoms with Crippen LogP contribution in [-0.4, -0.2) is 44.4 Å². The van der Waals surface area contributed by atoms with Crippen LogP contribution >= 0.6 is 11.8 Å². The number of carboxylic acid groups (broad SMARTS) is 1. The predicted octanol–water partition coefficient (Wildman–Crippen LogP) is 1.57. The van der Waals surface area contributed by atoms with Crippen molar-refractivity contribution in [3.63, 3.8) is 0 Å². The van der Waals surface area contributed by atoms with Gasteiger partial charge in [-0.3, -0.25) is 4.79 Å². The molecule has 3 atom stereocenters. The molecule has 0 radical (unpaired) electrons. The summed E-state index contributed by atoms with van der Waals surface area (Å²) in [4.78, 5) is 25.7. The Balaban J connectivity index is 1.81. The fraction of sp³-hybridized carbons (Fsp3) is 0.714. The second kappa shape index (κ2) is 5.07. The molecule has 1 aliphatic carbocycles. The Morgan fingerprint density at radius 1 is 1.40 bits per heavy atom. The number of carbonyl (C=O) groups is 2. The molecule has 6 heteroatoms. The molecule has 2 N–H and O–H groups in total. The molecule has 110 valence electrons. The van der Waals surface area contributed by atoms with Crippen molar-refractivity contribution in [2.45, 2.75) is 56.4 Å². The molecule has 3 unspecified atom stereocenters. The van der Waals surface area contributed by atoms with Gasteiger partial charge >= 0.3 is 5.97 Å². The number of aliphatic hydroxyl groups excluding tert-OH is 1. The van der Waals surface area contributed by atoms with Crippen LogP contribution in [0.25, 0.3) is 0 Å². The molecule has 1 saturated carbocycles. The van der Waals surface area contributed by atoms with Gasteiger partial charge < -0.3 is 15.1 Å². The lowest BCUT2D eigenvalue weighted by Gasteiger charge is -2.44. The van der Waals surface area contributed by atoms with Crippen molar-refractivity contribution in [2.75, 3.05) is 0 Å². The Morgan fingerprint density at radius 3 is 2.60 bits per heavy atom. The summed E-state index contributed by atoms with van der Waals surface area (Å²) >= 11 is 1.64. The fourth-order valence-electron chi connectivity index (χ4n) is 3.54. The molecular weight excluding hydrogens is 278 g/mol. The third-order valence-electron chi connectivity index (χ3n) is 4.50. The first kappa shape index (κ1) is 13.9. The maximum absolute atomic E-state index is 12.0. The minimum Gasteiger partial charge on any atom is -0.477 e. The predicted molar refractivity (Wildman–Crippen MR) is 74.9 cm³/mol. The first-order valence-corrected chi connectivity index (χ1v) is 8.03. The van der Waals surface area contributed by atoms with E-state index < -0.39 is 18.0 Å². The Kier molecular flexibility index (Phi) is 3.54. The Morgan fingerprint density at radius 2 is 2.05 bits per heavy atom. The summed E-state index contributed by atoms with van der Waals surface area (Å²) in [7, 11) is 0. The number of thioether (sulfide) groups is 1. The van der Waals surface area contributed by atoms with E-state index in [1.54, 1.807) is 18.7 Å². The van der Waals surface area contributed by atoms with Gasteiger partial charge in [-0.2, -0.15) is 0 Å². The van der Waals surface area contributed by atoms with Gasteiger partial charge in [0, 0.05) is 16.6 Å². The lowest BCUT2D eigenvalue weighted by atomic mass is 9.83. The molecule has 3 rings (SSSR count). The summed E-state index contributed by atoms with van der Waals surface area (Å²) in [6, 6.07) is -0.155. The minimum absolute atomic E-state index is 0.155. The van der Waals surface area contributed by atoms with Crippen molar-refractivity contribution < 1.29 is 19.8 Å². The quantitative estimate of drug-likeness (QED) is 0.770. The Bertz CT molecular complexity index is 482. The number of amides is 1. The van der Waals surface area contributed by atoms with E-state index in [4.69, 9.17) is 0 Å². The number of aliphatic hydroxyl groups is 1. The molecule has 20 heavy (non-hydrogen) atoms. The van der Waals surface area contributed by atoms with Gasteiger partial charge in [-0.1, -0.05) is 12.8 Å². The van der Waals surface area contributed by atoms with Crippen LogP contribution in [0.3, 0.4) is 0 Å². The minimum atomic E-state index is -1.02. The topological polar surface area (TPSA) is 77.8 Å². The first-order valence-electron chi connectivity index (χ1n) is 7.15. The van der Waals surface area contributed by atoms with Crippen LogP contribution in [0.2, 0.25) is 0 Å². The zero-order valence-electron chi connectivity index (χ0n) is 11.4. The van der Waals surface area contributed by atoms with Gasteiger partial charge in [-0.25, -0.2) is 4.79 Å². The molecule has 0 aromatic heterocycles. The van der Waals surface area contributed by atoms with Crippen LogP contribution in [0.4, 0.5) is 0 Å². The third-order valence-corrected chi connectivity index (χ3v) is 5.95. The highest BCUT2D eigenvalue weighted by Crippen LogP contribution is 2.49. The summed E-state index contributed by atoms with van der Waals surface area (Å²) in [6.45, 7) is 1.60. The molecule has 1 saturated heterocycles. The van der Waals surface area contributed by atoms with Crippen LogP contribution in [-0.2, 0) is 9.59 Å². The van der Waals surface area contributed by atoms with Crippen LogP contribution in [0, 0.1) is 5.92 Å². The molecule has 5 nitrogen and oxygen atoms in total. The Labute approximate surface area is 122 Å². The van der Waals surface area contributed by atoms with E-state index in [2.05, 4.69) is 0 Å². The highest BCUT2D eigenvalue weighted by atomic mass is 32.2. The maximum atomic E-state index is 12.0. The summed E-state index contributed by atoms with van der Waals surface area (Å²) < 4.78 is 0. The lowest BCUT2D eigenvalue weighted by Crippen LogP contribution is -2.61. The number of nitrogens with zero attached hydrogens (tertiary/aromatic N) is 1. The van der Waals surface area contributed by atoms with Crippen LogP contribution < -0.4 is 0 Å². The summed E-state index contributed by atoms with van der Waals surface area (Å²) in [6.07, 6.45) is 4.53. The standard InChI is InChI=1S/C14H19NO4S/c1-7(16)11-9-6-10(20-8-4-2-3-5-8)12(14(18)19)15(9)13(11)17/h7-9,11,16H,2-6H2,1H3,(H,18,19). The number of aliphatic carboxylic acids is 1. The van der Waals surface area contributed by atoms with Crippen molar-refractivity contribution in [1.29, 1.82) is 0 Å².